The van der Waals surface area contributed by atoms with Crippen LogP contribution in [0, 0.1) is 0 Å². The highest BCUT2D eigenvalue weighted by Crippen LogP contribution is 2.32. The van der Waals surface area contributed by atoms with Crippen LogP contribution in [0.1, 0.15) is 55.4 Å². The quantitative estimate of drug-likeness (QED) is 0.0828. The van der Waals surface area contributed by atoms with Gasteiger partial charge in [-0.25, -0.2) is 54.0 Å². The normalized spacial score (nSPS) is 10.8. The van der Waals surface area contributed by atoms with E-state index in [4.69, 9.17) is 79.1 Å². The molecule has 12 aromatic rings. The Morgan fingerprint density at radius 1 is 0.533 bits per heavy atom. The third kappa shape index (κ3) is 21.2. The van der Waals surface area contributed by atoms with E-state index in [1.165, 1.54) is 39.4 Å². The maximum absolute atomic E-state index is 12.7. The molecule has 27 heteroatoms. The number of nitrogens with zero attached hydrogens (tertiary/aromatic N) is 11. The number of ether oxygens (including phenoxy) is 2. The molecule has 8 heterocycles. The van der Waals surface area contributed by atoms with Crippen LogP contribution in [-0.2, 0) is 16.0 Å². The van der Waals surface area contributed by atoms with Crippen molar-refractivity contribution in [1.29, 1.82) is 0 Å². The number of alkyl halides is 3. The number of carbonyl (C=O) groups is 2. The molecule has 0 aliphatic heterocycles. The second-order valence-electron chi connectivity index (χ2n) is 20.7. The summed E-state index contributed by atoms with van der Waals surface area (Å²) in [7, 11) is -1.78. The van der Waals surface area contributed by atoms with Gasteiger partial charge in [0.25, 0.3) is 0 Å². The summed E-state index contributed by atoms with van der Waals surface area (Å²) in [5, 5.41) is 25.4. The predicted molar refractivity (Wildman–Crippen MR) is 377 cm³/mol. The van der Waals surface area contributed by atoms with Gasteiger partial charge in [-0.3, -0.25) is 4.57 Å². The molecule has 0 saturated heterocycles. The van der Waals surface area contributed by atoms with Crippen LogP contribution in [0.3, 0.4) is 0 Å². The fourth-order valence-electron chi connectivity index (χ4n) is 8.43. The van der Waals surface area contributed by atoms with Gasteiger partial charge in [-0.05, 0) is 147 Å². The molecular weight excluding hydrogens is 1450 g/mol. The molecule has 18 nitrogen and oxygen atoms in total. The SMILES string of the molecule is Brc1cncnc1.CC(C)(C)OC(=O)n1c(-c2cncnc2)cc2ccc(Cl)cc21.CC(C)(C)OC(=O)n1c(B(O)O)cc2ccc(Cl)cc21.CCI.CCn1c(-c2cncnc2)cc2ccc(Cl)cc21.ClCCl.Clc1ccc2cc(-c3cncnc3)[nH]c2c1. The van der Waals surface area contributed by atoms with Gasteiger partial charge in [-0.1, -0.05) is 100 Å². The van der Waals surface area contributed by atoms with Crippen LogP contribution in [0.25, 0.3) is 77.4 Å². The van der Waals surface area contributed by atoms with Crippen LogP contribution >= 0.6 is 108 Å². The fourth-order valence-corrected chi connectivity index (χ4v) is 9.34. The lowest BCUT2D eigenvalue weighted by molar-refractivity contribution is 0.0536. The first-order valence-corrected chi connectivity index (χ1v) is 32.1. The number of carbonyl (C=O) groups excluding carboxylic acids is 2. The zero-order chi connectivity index (χ0) is 65.7. The van der Waals surface area contributed by atoms with Crippen molar-refractivity contribution in [1.82, 2.24) is 58.6 Å². The minimum absolute atomic E-state index is 0.0384. The Morgan fingerprint density at radius 3 is 1.33 bits per heavy atom. The van der Waals surface area contributed by atoms with E-state index in [2.05, 4.69) is 114 Å². The summed E-state index contributed by atoms with van der Waals surface area (Å²) in [4.78, 5) is 59.9. The van der Waals surface area contributed by atoms with E-state index in [1.54, 1.807) is 94.6 Å². The average Bonchev–Trinajstić information content (AvgIpc) is 1.67. The van der Waals surface area contributed by atoms with E-state index in [9.17, 15) is 19.6 Å². The lowest BCUT2D eigenvalue weighted by Crippen LogP contribution is -2.41. The molecule has 4 aromatic carbocycles. The molecule has 3 N–H and O–H groups in total. The summed E-state index contributed by atoms with van der Waals surface area (Å²) >= 11 is 39.0. The van der Waals surface area contributed by atoms with Crippen LogP contribution in [0.15, 0.2) is 176 Å². The molecule has 0 saturated carbocycles. The lowest BCUT2D eigenvalue weighted by atomic mass is 9.86. The first-order valence-electron chi connectivity index (χ1n) is 27.2. The van der Waals surface area contributed by atoms with Crippen LogP contribution < -0.4 is 5.59 Å². The van der Waals surface area contributed by atoms with E-state index in [-0.39, 0.29) is 10.9 Å². The van der Waals surface area contributed by atoms with E-state index >= 15 is 0 Å². The first-order chi connectivity index (χ1) is 42.9. The third-order valence-electron chi connectivity index (χ3n) is 11.9. The summed E-state index contributed by atoms with van der Waals surface area (Å²) in [6, 6.07) is 29.7. The fraction of sp³-hybridized carbons (Fsp3) is 0.206. The molecule has 0 fully saturated rings. The highest BCUT2D eigenvalue weighted by atomic mass is 127. The zero-order valence-corrected chi connectivity index (χ0v) is 58.1. The van der Waals surface area contributed by atoms with Crippen molar-refractivity contribution >= 4 is 177 Å². The Morgan fingerprint density at radius 2 is 0.900 bits per heavy atom. The third-order valence-corrected chi connectivity index (χ3v) is 13.2. The van der Waals surface area contributed by atoms with Crippen LogP contribution in [-0.4, -0.2) is 109 Å². The zero-order valence-electron chi connectivity index (χ0n) is 49.8. The number of rotatable bonds is 5. The Kier molecular flexibility index (Phi) is 27.8. The molecule has 8 aromatic heterocycles. The Balaban J connectivity index is 0.000000180. The highest BCUT2D eigenvalue weighted by Gasteiger charge is 2.28. The Bertz CT molecular complexity index is 4250. The maximum Gasteiger partial charge on any atom is 0.506 e. The first kappa shape index (κ1) is 72.3. The van der Waals surface area contributed by atoms with Gasteiger partial charge in [0.05, 0.1) is 37.8 Å². The van der Waals surface area contributed by atoms with Crippen molar-refractivity contribution in [3.63, 3.8) is 0 Å². The van der Waals surface area contributed by atoms with Gasteiger partial charge in [0.15, 0.2) is 0 Å². The van der Waals surface area contributed by atoms with Crippen molar-refractivity contribution in [2.75, 3.05) is 9.77 Å². The number of hydrogen-bond acceptors (Lipinski definition) is 14. The molecule has 0 aliphatic carbocycles. The Hall–Kier alpha value is -6.77. The number of aromatic nitrogens is 12. The van der Waals surface area contributed by atoms with Gasteiger partial charge >= 0.3 is 19.3 Å². The van der Waals surface area contributed by atoms with Gasteiger partial charge in [0, 0.05) is 126 Å². The average molecular weight is 1510 g/mol. The summed E-state index contributed by atoms with van der Waals surface area (Å²) < 4.78 is 17.8. The number of aryl methyl sites for hydroxylation is 1. The number of hydrogen-bond donors (Lipinski definition) is 3. The topological polar surface area (TPSA) is 227 Å². The number of halogens is 8. The maximum atomic E-state index is 12.7. The Labute approximate surface area is 572 Å². The van der Waals surface area contributed by atoms with E-state index in [0.29, 0.717) is 32.2 Å². The van der Waals surface area contributed by atoms with Gasteiger partial charge in [0.1, 0.15) is 36.5 Å². The summed E-state index contributed by atoms with van der Waals surface area (Å²) in [6.07, 6.45) is 18.7. The van der Waals surface area contributed by atoms with E-state index in [1.807, 2.05) is 81.7 Å². The molecule has 468 valence electrons. The van der Waals surface area contributed by atoms with Gasteiger partial charge in [-0.15, -0.1) is 23.2 Å². The van der Waals surface area contributed by atoms with Gasteiger partial charge < -0.3 is 29.1 Å². The van der Waals surface area contributed by atoms with Crippen molar-refractivity contribution in [2.24, 2.45) is 0 Å². The molecule has 0 unspecified atom stereocenters. The molecular formula is C63H61BBrCl6IN12O6. The molecule has 90 heavy (non-hydrogen) atoms. The highest BCUT2D eigenvalue weighted by molar-refractivity contribution is 14.1. The predicted octanol–water partition coefficient (Wildman–Crippen LogP) is 17.4. The minimum Gasteiger partial charge on any atom is -0.443 e. The molecule has 0 aliphatic rings. The number of aromatic amines is 1. The number of H-pyrrole nitrogens is 1. The monoisotopic (exact) mass is 1510 g/mol. The largest absolute Gasteiger partial charge is 0.506 e. The van der Waals surface area contributed by atoms with Crippen LogP contribution in [0.5, 0.6) is 0 Å². The smallest absolute Gasteiger partial charge is 0.443 e. The lowest BCUT2D eigenvalue weighted by Gasteiger charge is -2.21. The molecule has 0 atom stereocenters. The number of benzene rings is 4. The minimum atomic E-state index is -1.78. The summed E-state index contributed by atoms with van der Waals surface area (Å²) in [5.74, 6) is 0. The molecule has 0 radical (unpaired) electrons. The second kappa shape index (κ2) is 34.6. The molecule has 12 rings (SSSR count). The van der Waals surface area contributed by atoms with Gasteiger partial charge in [0.2, 0.25) is 0 Å². The number of nitrogens with one attached hydrogen (secondary N) is 1. The summed E-state index contributed by atoms with van der Waals surface area (Å²) in [6.45, 7) is 15.8. The van der Waals surface area contributed by atoms with Crippen molar-refractivity contribution < 1.29 is 29.1 Å². The molecule has 0 amide bonds. The standard InChI is InChI=1S/C17H16ClN3O2.C14H12ClN3.C13H15BClNO4.C12H8ClN3.C4H3BrN2.C2H5I.CH2Cl2/c1-17(2,3)23-16(22)21-14(12-8-19-10-20-9-12)6-11-4-5-13(18)7-15(11)21;1-2-18-13(11-7-16-9-17-8-11)5-10-3-4-12(15)6-14(10)18;1-13(2,3)20-12(17)16-10-7-9(15)5-4-8(10)6-11(16)14(18)19;13-10-2-1-8-3-11(16-12(8)4-10)9-5-14-7-15-6-9;5-4-1-6-3-7-2-4;1-2-3;2-1-3/h4-10H,1-3H3;3-9H,2H2,1H3;4-7,18-19H,1-3H3;1-7,16H;1-3H;2H2,1H3;1H2. The van der Waals surface area contributed by atoms with Crippen LogP contribution in [0.2, 0.25) is 20.1 Å². The van der Waals surface area contributed by atoms with Crippen molar-refractivity contribution in [2.45, 2.75) is 73.1 Å². The summed E-state index contributed by atoms with van der Waals surface area (Å²) in [5.41, 5.74) is 7.56. The van der Waals surface area contributed by atoms with Crippen molar-refractivity contribution in [3.8, 4) is 33.8 Å². The second-order valence-corrected chi connectivity index (χ2v) is 25.7. The van der Waals surface area contributed by atoms with Crippen molar-refractivity contribution in [3.05, 3.63) is 197 Å². The van der Waals surface area contributed by atoms with E-state index in [0.717, 1.165) is 75.5 Å². The molecule has 0 bridgehead atoms. The van der Waals surface area contributed by atoms with Crippen LogP contribution in [0.4, 0.5) is 9.59 Å². The number of fused-ring (bicyclic) bond motifs is 4. The van der Waals surface area contributed by atoms with Gasteiger partial charge in [-0.2, -0.15) is 0 Å². The van der Waals surface area contributed by atoms with E-state index < -0.39 is 30.5 Å². The molecule has 0 spiro atoms.